The molecular formula is C26H35ClN2O7S. The number of halogens is 1. The predicted octanol–water partition coefficient (Wildman–Crippen LogP) is 4.36. The van der Waals surface area contributed by atoms with Crippen LogP contribution in [0, 0.1) is 0 Å². The zero-order valence-corrected chi connectivity index (χ0v) is 23.5. The van der Waals surface area contributed by atoms with E-state index in [0.29, 0.717) is 35.8 Å². The van der Waals surface area contributed by atoms with Crippen LogP contribution in [0.2, 0.25) is 5.02 Å². The molecule has 1 fully saturated rings. The number of benzene rings is 2. The van der Waals surface area contributed by atoms with E-state index in [1.54, 1.807) is 19.2 Å². The third kappa shape index (κ3) is 6.61. The van der Waals surface area contributed by atoms with Crippen LogP contribution in [0.1, 0.15) is 37.7 Å². The summed E-state index contributed by atoms with van der Waals surface area (Å²) in [5.41, 5.74) is 0.749. The molecule has 2 aromatic rings. The molecular weight excluding hydrogens is 520 g/mol. The fourth-order valence-corrected chi connectivity index (χ4v) is 6.55. The maximum absolute atomic E-state index is 13.7. The quantitative estimate of drug-likeness (QED) is 0.407. The Balaban J connectivity index is 1.87. The summed E-state index contributed by atoms with van der Waals surface area (Å²) in [4.78, 5) is 14.9. The zero-order valence-electron chi connectivity index (χ0n) is 22.0. The second-order valence-electron chi connectivity index (χ2n) is 8.92. The third-order valence-electron chi connectivity index (χ3n) is 6.57. The Morgan fingerprint density at radius 3 is 2.03 bits per heavy atom. The van der Waals surface area contributed by atoms with Crippen LogP contribution in [0.3, 0.4) is 0 Å². The Kier molecular flexibility index (Phi) is 9.92. The minimum atomic E-state index is -3.99. The van der Waals surface area contributed by atoms with Crippen LogP contribution in [0.25, 0.3) is 0 Å². The van der Waals surface area contributed by atoms with Gasteiger partial charge in [-0.05, 0) is 48.7 Å². The lowest BCUT2D eigenvalue weighted by Crippen LogP contribution is -2.47. The van der Waals surface area contributed by atoms with Gasteiger partial charge in [0.1, 0.15) is 5.75 Å². The molecule has 0 bridgehead atoms. The lowest BCUT2D eigenvalue weighted by atomic mass is 9.95. The van der Waals surface area contributed by atoms with Gasteiger partial charge in [0.25, 0.3) is 0 Å². The summed E-state index contributed by atoms with van der Waals surface area (Å²) in [6.07, 6.45) is 4.28. The Hall–Kier alpha value is -2.69. The molecule has 0 saturated heterocycles. The summed E-state index contributed by atoms with van der Waals surface area (Å²) in [6.45, 7) is -0.0555. The molecule has 11 heteroatoms. The standard InChI is InChI=1S/C26H35ClN2O7S/c1-28(16-18-13-23(34-3)26(36-5)24(14-18)35-4)25(30)17-29(19-9-7-6-8-10-19)37(31,32)20-11-12-22(33-2)21(27)15-20/h11-15,19H,6-10,16-17H2,1-5H3. The van der Waals surface area contributed by atoms with Crippen molar-refractivity contribution in [1.82, 2.24) is 9.21 Å². The van der Waals surface area contributed by atoms with Gasteiger partial charge < -0.3 is 23.8 Å². The number of nitrogens with zero attached hydrogens (tertiary/aromatic N) is 2. The molecule has 1 aliphatic rings. The largest absolute Gasteiger partial charge is 0.495 e. The fraction of sp³-hybridized carbons (Fsp3) is 0.500. The molecule has 1 amide bonds. The van der Waals surface area contributed by atoms with Gasteiger partial charge in [-0.2, -0.15) is 4.31 Å². The van der Waals surface area contributed by atoms with E-state index in [2.05, 4.69) is 0 Å². The number of hydrogen-bond donors (Lipinski definition) is 0. The van der Waals surface area contributed by atoms with Gasteiger partial charge in [0.15, 0.2) is 11.5 Å². The number of hydrogen-bond acceptors (Lipinski definition) is 7. The van der Waals surface area contributed by atoms with Crippen molar-refractivity contribution in [2.75, 3.05) is 42.0 Å². The van der Waals surface area contributed by atoms with Gasteiger partial charge in [-0.25, -0.2) is 8.42 Å². The van der Waals surface area contributed by atoms with Gasteiger partial charge in [0.05, 0.1) is 44.9 Å². The van der Waals surface area contributed by atoms with Crippen molar-refractivity contribution in [3.05, 3.63) is 40.9 Å². The first-order valence-electron chi connectivity index (χ1n) is 12.0. The van der Waals surface area contributed by atoms with Crippen LogP contribution >= 0.6 is 11.6 Å². The van der Waals surface area contributed by atoms with Crippen LogP contribution in [0.5, 0.6) is 23.0 Å². The minimum Gasteiger partial charge on any atom is -0.495 e. The second kappa shape index (κ2) is 12.7. The molecule has 0 heterocycles. The van der Waals surface area contributed by atoms with Crippen molar-refractivity contribution in [3.8, 4) is 23.0 Å². The van der Waals surface area contributed by atoms with Gasteiger partial charge in [0, 0.05) is 19.6 Å². The number of carbonyl (C=O) groups is 1. The SMILES string of the molecule is COc1ccc(S(=O)(=O)N(CC(=O)N(C)Cc2cc(OC)c(OC)c(OC)c2)C2CCCCC2)cc1Cl. The molecule has 9 nitrogen and oxygen atoms in total. The van der Waals surface area contributed by atoms with Gasteiger partial charge in [-0.3, -0.25) is 4.79 Å². The summed E-state index contributed by atoms with van der Waals surface area (Å²) in [5, 5.41) is 0.193. The number of carbonyl (C=O) groups excluding carboxylic acids is 1. The van der Waals surface area contributed by atoms with Crippen molar-refractivity contribution in [2.24, 2.45) is 0 Å². The number of likely N-dealkylation sites (N-methyl/N-ethyl adjacent to an activating group) is 1. The van der Waals surface area contributed by atoms with Gasteiger partial charge >= 0.3 is 0 Å². The molecule has 0 aromatic heterocycles. The van der Waals surface area contributed by atoms with Crippen molar-refractivity contribution >= 4 is 27.5 Å². The Bertz CT molecular complexity index is 1170. The summed E-state index contributed by atoms with van der Waals surface area (Å²) in [5.74, 6) is 1.45. The summed E-state index contributed by atoms with van der Waals surface area (Å²) in [6, 6.07) is 7.61. The van der Waals surface area contributed by atoms with Crippen LogP contribution < -0.4 is 18.9 Å². The average Bonchev–Trinajstić information content (AvgIpc) is 2.91. The first kappa shape index (κ1) is 28.9. The normalized spacial score (nSPS) is 14.4. The Morgan fingerprint density at radius 1 is 0.919 bits per heavy atom. The molecule has 1 saturated carbocycles. The van der Waals surface area contributed by atoms with Crippen LogP contribution in [-0.2, 0) is 21.4 Å². The first-order valence-corrected chi connectivity index (χ1v) is 13.9. The van der Waals surface area contributed by atoms with E-state index in [4.69, 9.17) is 30.5 Å². The zero-order chi connectivity index (χ0) is 27.2. The second-order valence-corrected chi connectivity index (χ2v) is 11.2. The van der Waals surface area contributed by atoms with Crippen molar-refractivity contribution in [3.63, 3.8) is 0 Å². The molecule has 37 heavy (non-hydrogen) atoms. The molecule has 204 valence electrons. The van der Waals surface area contributed by atoms with E-state index in [1.807, 2.05) is 0 Å². The highest BCUT2D eigenvalue weighted by Gasteiger charge is 2.35. The number of rotatable bonds is 11. The van der Waals surface area contributed by atoms with Gasteiger partial charge in [-0.15, -0.1) is 0 Å². The lowest BCUT2D eigenvalue weighted by Gasteiger charge is -2.34. The summed E-state index contributed by atoms with van der Waals surface area (Å²) in [7, 11) is 3.68. The highest BCUT2D eigenvalue weighted by atomic mass is 35.5. The Morgan fingerprint density at radius 2 is 1.51 bits per heavy atom. The fourth-order valence-electron chi connectivity index (χ4n) is 4.57. The average molecular weight is 555 g/mol. The van der Waals surface area contributed by atoms with Crippen molar-refractivity contribution in [2.45, 2.75) is 49.6 Å². The highest BCUT2D eigenvalue weighted by molar-refractivity contribution is 7.89. The molecule has 3 rings (SSSR count). The van der Waals surface area contributed by atoms with Crippen LogP contribution in [-0.4, -0.2) is 71.6 Å². The Labute approximate surface area is 224 Å². The molecule has 0 spiro atoms. The lowest BCUT2D eigenvalue weighted by molar-refractivity contribution is -0.131. The highest BCUT2D eigenvalue weighted by Crippen LogP contribution is 2.38. The van der Waals surface area contributed by atoms with Crippen LogP contribution in [0.15, 0.2) is 35.2 Å². The minimum absolute atomic E-state index is 0.0314. The number of sulfonamides is 1. The van der Waals surface area contributed by atoms with Gasteiger partial charge in [0.2, 0.25) is 21.7 Å². The van der Waals surface area contributed by atoms with E-state index < -0.39 is 10.0 Å². The number of ether oxygens (including phenoxy) is 4. The van der Waals surface area contributed by atoms with Crippen LogP contribution in [0.4, 0.5) is 0 Å². The van der Waals surface area contributed by atoms with Crippen molar-refractivity contribution in [1.29, 1.82) is 0 Å². The maximum atomic E-state index is 13.7. The topological polar surface area (TPSA) is 94.6 Å². The smallest absolute Gasteiger partial charge is 0.243 e. The van der Waals surface area contributed by atoms with E-state index >= 15 is 0 Å². The summed E-state index contributed by atoms with van der Waals surface area (Å²) < 4.78 is 50.2. The molecule has 0 unspecified atom stereocenters. The molecule has 0 N–H and O–H groups in total. The van der Waals surface area contributed by atoms with Crippen molar-refractivity contribution < 1.29 is 32.2 Å². The van der Waals surface area contributed by atoms with E-state index in [0.717, 1.165) is 24.8 Å². The molecule has 2 aromatic carbocycles. The monoisotopic (exact) mass is 554 g/mol. The molecule has 0 radical (unpaired) electrons. The van der Waals surface area contributed by atoms with E-state index in [-0.39, 0.29) is 35.0 Å². The maximum Gasteiger partial charge on any atom is 0.243 e. The predicted molar refractivity (Wildman–Crippen MR) is 141 cm³/mol. The molecule has 0 atom stereocenters. The third-order valence-corrected chi connectivity index (χ3v) is 8.76. The molecule has 0 aliphatic heterocycles. The number of amides is 1. The summed E-state index contributed by atoms with van der Waals surface area (Å²) >= 11 is 6.23. The first-order chi connectivity index (χ1) is 17.7. The number of methoxy groups -OCH3 is 4. The van der Waals surface area contributed by atoms with E-state index in [9.17, 15) is 13.2 Å². The van der Waals surface area contributed by atoms with Gasteiger partial charge in [-0.1, -0.05) is 30.9 Å². The molecule has 1 aliphatic carbocycles. The van der Waals surface area contributed by atoms with E-state index in [1.165, 1.54) is 55.8 Å².